The summed E-state index contributed by atoms with van der Waals surface area (Å²) in [6.45, 7) is 1.87. The van der Waals surface area contributed by atoms with E-state index in [1.165, 1.54) is 6.20 Å². The second-order valence-corrected chi connectivity index (χ2v) is 4.76. The fraction of sp³-hybridized carbons (Fsp3) is 0.188. The number of aryl methyl sites for hydroxylation is 2. The molecule has 2 rings (SSSR count). The molecule has 5 nitrogen and oxygen atoms in total. The van der Waals surface area contributed by atoms with Crippen LogP contribution in [0.2, 0.25) is 0 Å². The molecule has 0 aliphatic heterocycles. The van der Waals surface area contributed by atoms with Gasteiger partial charge in [-0.15, -0.1) is 0 Å². The number of pyridine rings is 1. The molecular weight excluding hydrogens is 268 g/mol. The lowest BCUT2D eigenvalue weighted by Crippen LogP contribution is -2.14. The van der Waals surface area contributed by atoms with Crippen molar-refractivity contribution in [2.24, 2.45) is 0 Å². The van der Waals surface area contributed by atoms with E-state index in [0.717, 1.165) is 11.1 Å². The number of carboxylic acids is 1. The summed E-state index contributed by atoms with van der Waals surface area (Å²) in [5, 5.41) is 11.6. The molecule has 0 saturated carbocycles. The zero-order valence-electron chi connectivity index (χ0n) is 11.7. The fourth-order valence-corrected chi connectivity index (χ4v) is 1.98. The van der Waals surface area contributed by atoms with Crippen molar-refractivity contribution in [3.05, 3.63) is 59.4 Å². The lowest BCUT2D eigenvalue weighted by Gasteiger charge is -2.10. The van der Waals surface area contributed by atoms with Gasteiger partial charge >= 0.3 is 5.97 Å². The van der Waals surface area contributed by atoms with Crippen LogP contribution in [-0.4, -0.2) is 22.0 Å². The van der Waals surface area contributed by atoms with Gasteiger partial charge in [0.05, 0.1) is 5.56 Å². The monoisotopic (exact) mass is 284 g/mol. The highest BCUT2D eigenvalue weighted by Gasteiger charge is 2.10. The smallest absolute Gasteiger partial charge is 0.303 e. The number of aromatic nitrogens is 1. The highest BCUT2D eigenvalue weighted by atomic mass is 16.4. The number of carboxylic acid groups (broad SMARTS) is 1. The maximum absolute atomic E-state index is 12.2. The number of benzene rings is 1. The van der Waals surface area contributed by atoms with Crippen molar-refractivity contribution in [2.75, 3.05) is 5.32 Å². The van der Waals surface area contributed by atoms with Crippen LogP contribution in [-0.2, 0) is 11.2 Å². The molecule has 1 heterocycles. The number of hydrogen-bond donors (Lipinski definition) is 2. The predicted molar refractivity (Wildman–Crippen MR) is 79.3 cm³/mol. The highest BCUT2D eigenvalue weighted by Crippen LogP contribution is 2.18. The molecule has 0 radical (unpaired) electrons. The standard InChI is InChI=1S/C16H16N2O3/c1-11-8-13(10-17-9-11)16(21)18-14-5-3-2-4-12(14)6-7-15(19)20/h2-5,8-10H,6-7H2,1H3,(H,18,21)(H,19,20). The summed E-state index contributed by atoms with van der Waals surface area (Å²) in [4.78, 5) is 26.8. The third-order valence-electron chi connectivity index (χ3n) is 3.01. The van der Waals surface area contributed by atoms with Gasteiger partial charge in [-0.1, -0.05) is 18.2 Å². The molecule has 21 heavy (non-hydrogen) atoms. The van der Waals surface area contributed by atoms with Crippen LogP contribution in [0.3, 0.4) is 0 Å². The Balaban J connectivity index is 2.15. The number of para-hydroxylation sites is 1. The molecule has 0 saturated heterocycles. The van der Waals surface area contributed by atoms with Gasteiger partial charge in [0.15, 0.2) is 0 Å². The van der Waals surface area contributed by atoms with Gasteiger partial charge < -0.3 is 10.4 Å². The molecule has 0 atom stereocenters. The van der Waals surface area contributed by atoms with Crippen molar-refractivity contribution in [3.63, 3.8) is 0 Å². The molecule has 0 unspecified atom stereocenters. The zero-order valence-corrected chi connectivity index (χ0v) is 11.7. The number of carbonyl (C=O) groups excluding carboxylic acids is 1. The number of amides is 1. The van der Waals surface area contributed by atoms with Crippen molar-refractivity contribution in [3.8, 4) is 0 Å². The van der Waals surface area contributed by atoms with Crippen molar-refractivity contribution < 1.29 is 14.7 Å². The molecule has 1 amide bonds. The van der Waals surface area contributed by atoms with Gasteiger partial charge in [-0.2, -0.15) is 0 Å². The Bertz CT molecular complexity index is 668. The summed E-state index contributed by atoms with van der Waals surface area (Å²) >= 11 is 0. The first-order chi connectivity index (χ1) is 10.1. The summed E-state index contributed by atoms with van der Waals surface area (Å²) in [6, 6.07) is 8.95. The fourth-order valence-electron chi connectivity index (χ4n) is 1.98. The molecule has 108 valence electrons. The molecular formula is C16H16N2O3. The molecule has 2 N–H and O–H groups in total. The lowest BCUT2D eigenvalue weighted by molar-refractivity contribution is -0.136. The summed E-state index contributed by atoms with van der Waals surface area (Å²) < 4.78 is 0. The Morgan fingerprint density at radius 2 is 2.00 bits per heavy atom. The van der Waals surface area contributed by atoms with Gasteiger partial charge in [0, 0.05) is 24.5 Å². The van der Waals surface area contributed by atoms with E-state index < -0.39 is 5.97 Å². The van der Waals surface area contributed by atoms with E-state index in [1.807, 2.05) is 19.1 Å². The number of carbonyl (C=O) groups is 2. The second-order valence-electron chi connectivity index (χ2n) is 4.76. The topological polar surface area (TPSA) is 79.3 Å². The van der Waals surface area contributed by atoms with Gasteiger partial charge in [0.1, 0.15) is 0 Å². The van der Waals surface area contributed by atoms with E-state index >= 15 is 0 Å². The van der Waals surface area contributed by atoms with Crippen molar-refractivity contribution in [1.29, 1.82) is 0 Å². The number of aliphatic carboxylic acids is 1. The van der Waals surface area contributed by atoms with Gasteiger partial charge in [0.2, 0.25) is 0 Å². The number of rotatable bonds is 5. The Hall–Kier alpha value is -2.69. The molecule has 1 aromatic heterocycles. The first kappa shape index (κ1) is 14.7. The Morgan fingerprint density at radius 1 is 1.24 bits per heavy atom. The largest absolute Gasteiger partial charge is 0.481 e. The van der Waals surface area contributed by atoms with Crippen molar-refractivity contribution in [2.45, 2.75) is 19.8 Å². The van der Waals surface area contributed by atoms with Crippen LogP contribution in [0, 0.1) is 6.92 Å². The van der Waals surface area contributed by atoms with Crippen LogP contribution >= 0.6 is 0 Å². The predicted octanol–water partition coefficient (Wildman–Crippen LogP) is 2.66. The summed E-state index contributed by atoms with van der Waals surface area (Å²) in [5.74, 6) is -1.12. The maximum atomic E-state index is 12.2. The van der Waals surface area contributed by atoms with Crippen LogP contribution in [0.25, 0.3) is 0 Å². The third-order valence-corrected chi connectivity index (χ3v) is 3.01. The summed E-state index contributed by atoms with van der Waals surface area (Å²) in [6.07, 6.45) is 3.58. The molecule has 0 spiro atoms. The minimum Gasteiger partial charge on any atom is -0.481 e. The normalized spacial score (nSPS) is 10.1. The number of anilines is 1. The Morgan fingerprint density at radius 3 is 2.71 bits per heavy atom. The zero-order chi connectivity index (χ0) is 15.2. The van der Waals surface area contributed by atoms with Crippen LogP contribution in [0.1, 0.15) is 27.9 Å². The molecule has 0 fully saturated rings. The van der Waals surface area contributed by atoms with E-state index in [0.29, 0.717) is 17.7 Å². The maximum Gasteiger partial charge on any atom is 0.303 e. The van der Waals surface area contributed by atoms with Crippen molar-refractivity contribution in [1.82, 2.24) is 4.98 Å². The molecule has 0 aliphatic rings. The van der Waals surface area contributed by atoms with E-state index in [4.69, 9.17) is 5.11 Å². The van der Waals surface area contributed by atoms with Gasteiger partial charge in [-0.3, -0.25) is 14.6 Å². The molecule has 2 aromatic rings. The van der Waals surface area contributed by atoms with Crippen LogP contribution in [0.5, 0.6) is 0 Å². The molecule has 0 aliphatic carbocycles. The molecule has 1 aromatic carbocycles. The van der Waals surface area contributed by atoms with E-state index in [9.17, 15) is 9.59 Å². The Labute approximate surface area is 122 Å². The average Bonchev–Trinajstić information content (AvgIpc) is 2.46. The van der Waals surface area contributed by atoms with Gasteiger partial charge in [-0.05, 0) is 36.6 Å². The highest BCUT2D eigenvalue weighted by molar-refractivity contribution is 6.04. The molecule has 5 heteroatoms. The van der Waals surface area contributed by atoms with Crippen LogP contribution < -0.4 is 5.32 Å². The summed E-state index contributed by atoms with van der Waals surface area (Å²) in [5.41, 5.74) is 2.81. The first-order valence-corrected chi connectivity index (χ1v) is 6.59. The lowest BCUT2D eigenvalue weighted by atomic mass is 10.1. The van der Waals surface area contributed by atoms with E-state index in [-0.39, 0.29) is 12.3 Å². The Kier molecular flexibility index (Phi) is 4.66. The average molecular weight is 284 g/mol. The van der Waals surface area contributed by atoms with Crippen LogP contribution in [0.15, 0.2) is 42.7 Å². The number of nitrogens with one attached hydrogen (secondary N) is 1. The van der Waals surface area contributed by atoms with Gasteiger partial charge in [-0.25, -0.2) is 0 Å². The first-order valence-electron chi connectivity index (χ1n) is 6.59. The molecule has 0 bridgehead atoms. The number of hydrogen-bond acceptors (Lipinski definition) is 3. The quantitative estimate of drug-likeness (QED) is 0.884. The van der Waals surface area contributed by atoms with E-state index in [2.05, 4.69) is 10.3 Å². The second kappa shape index (κ2) is 6.65. The third kappa shape index (κ3) is 4.14. The van der Waals surface area contributed by atoms with E-state index in [1.54, 1.807) is 24.4 Å². The van der Waals surface area contributed by atoms with Gasteiger partial charge in [0.25, 0.3) is 5.91 Å². The minimum absolute atomic E-state index is 0.0267. The summed E-state index contributed by atoms with van der Waals surface area (Å²) in [7, 11) is 0. The minimum atomic E-state index is -0.862. The SMILES string of the molecule is Cc1cncc(C(=O)Nc2ccccc2CCC(=O)O)c1. The van der Waals surface area contributed by atoms with Crippen LogP contribution in [0.4, 0.5) is 5.69 Å². The number of nitrogens with zero attached hydrogens (tertiary/aromatic N) is 1. The van der Waals surface area contributed by atoms with Crippen molar-refractivity contribution >= 4 is 17.6 Å².